The molecular formula is C18H31Cl2NSiTi-4. The van der Waals surface area contributed by atoms with Gasteiger partial charge in [-0.05, 0) is 11.0 Å². The Morgan fingerprint density at radius 3 is 1.83 bits per heavy atom. The first-order valence-corrected chi connectivity index (χ1v) is 6.00. The zero-order valence-electron chi connectivity index (χ0n) is 14.2. The van der Waals surface area contributed by atoms with E-state index >= 15 is 0 Å². The number of hydrogen-bond donors (Lipinski definition) is 0. The van der Waals surface area contributed by atoms with Crippen LogP contribution in [-0.2, 0) is 28.1 Å². The second-order valence-electron chi connectivity index (χ2n) is 5.24. The third-order valence-electron chi connectivity index (χ3n) is 2.02. The van der Waals surface area contributed by atoms with E-state index in [1.165, 1.54) is 11.1 Å². The predicted octanol–water partition coefficient (Wildman–Crippen LogP) is -1.79. The minimum atomic E-state index is -0.250. The number of benzene rings is 1. The Balaban J connectivity index is -0.0000000597. The second-order valence-corrected chi connectivity index (χ2v) is 5.24. The molecule has 0 fully saturated rings. The Morgan fingerprint density at radius 2 is 1.48 bits per heavy atom. The van der Waals surface area contributed by atoms with Gasteiger partial charge in [0.05, 0.1) is 0 Å². The van der Waals surface area contributed by atoms with Crippen LogP contribution in [0.5, 0.6) is 0 Å². The summed E-state index contributed by atoms with van der Waals surface area (Å²) in [6, 6.07) is 10.5. The molecule has 0 unspecified atom stereocenters. The molecular weight excluding hydrogens is 377 g/mol. The van der Waals surface area contributed by atoms with E-state index in [0.717, 1.165) is 12.8 Å². The summed E-state index contributed by atoms with van der Waals surface area (Å²) in [4.78, 5) is 0. The molecule has 1 aliphatic rings. The molecule has 1 aromatic rings. The molecule has 0 aromatic heterocycles. The van der Waals surface area contributed by atoms with E-state index in [4.69, 9.17) is 5.73 Å². The Bertz CT molecular complexity index is 395. The van der Waals surface area contributed by atoms with Crippen molar-refractivity contribution in [2.45, 2.75) is 39.2 Å². The van der Waals surface area contributed by atoms with Crippen LogP contribution >= 0.6 is 0 Å². The maximum atomic E-state index is 6.94. The monoisotopic (exact) mass is 407 g/mol. The summed E-state index contributed by atoms with van der Waals surface area (Å²) >= 11 is 0. The summed E-state index contributed by atoms with van der Waals surface area (Å²) in [7, 11) is 0. The van der Waals surface area contributed by atoms with Crippen LogP contribution < -0.4 is 24.8 Å². The van der Waals surface area contributed by atoms with Crippen molar-refractivity contribution in [2.75, 3.05) is 0 Å². The fraction of sp³-hybridized carbons (Fsp3) is 0.333. The number of halogens is 2. The molecule has 0 saturated carbocycles. The van der Waals surface area contributed by atoms with E-state index in [9.17, 15) is 0 Å². The minimum Gasteiger partial charge on any atom is -1.00 e. The minimum absolute atomic E-state index is 0. The first kappa shape index (κ1) is 38.6. The van der Waals surface area contributed by atoms with Crippen molar-refractivity contribution in [3.63, 3.8) is 0 Å². The second kappa shape index (κ2) is 20.2. The average Bonchev–Trinajstić information content (AvgIpc) is 2.69. The zero-order chi connectivity index (χ0) is 12.7. The van der Waals surface area contributed by atoms with Gasteiger partial charge in [-0.15, -0.1) is 12.0 Å². The van der Waals surface area contributed by atoms with Crippen LogP contribution in [0, 0.1) is 20.9 Å². The van der Waals surface area contributed by atoms with E-state index < -0.39 is 0 Å². The van der Waals surface area contributed by atoms with Crippen LogP contribution in [0.3, 0.4) is 0 Å². The van der Waals surface area contributed by atoms with Crippen LogP contribution in [-0.4, -0.2) is 16.5 Å². The van der Waals surface area contributed by atoms with Gasteiger partial charge in [-0.1, -0.05) is 63.1 Å². The molecule has 1 N–H and O–H groups in total. The summed E-state index contributed by atoms with van der Waals surface area (Å²) in [5, 5.41) is 0. The molecule has 23 heavy (non-hydrogen) atoms. The maximum absolute atomic E-state index is 6.94. The molecule has 0 spiro atoms. The largest absolute Gasteiger partial charge is 2.00 e. The molecule has 2 rings (SSSR count). The molecule has 0 aliphatic heterocycles. The Morgan fingerprint density at radius 1 is 1.04 bits per heavy atom. The van der Waals surface area contributed by atoms with E-state index in [1.54, 1.807) is 0 Å². The number of allylic oxidation sites excluding steroid dienone is 4. The van der Waals surface area contributed by atoms with Crippen molar-refractivity contribution in [1.82, 2.24) is 0 Å². The number of nitrogens with one attached hydrogen (secondary N) is 1. The van der Waals surface area contributed by atoms with Gasteiger partial charge in [-0.25, -0.2) is 6.08 Å². The van der Waals surface area contributed by atoms with Gasteiger partial charge < -0.3 is 45.4 Å². The molecule has 5 heteroatoms. The summed E-state index contributed by atoms with van der Waals surface area (Å²) in [6.07, 6.45) is 9.53. The summed E-state index contributed by atoms with van der Waals surface area (Å²) < 4.78 is 0. The van der Waals surface area contributed by atoms with Gasteiger partial charge >= 0.3 is 21.7 Å². The smallest absolute Gasteiger partial charge is 1.00 e. The Labute approximate surface area is 176 Å². The fourth-order valence-corrected chi connectivity index (χ4v) is 1.39. The SMILES string of the molecule is CC(C)(C)[NH-].[C-]1=CC(Cc2ccccc2)=CC1.[CH3-].[CH3-].[Cl-].[Cl-].[SiH4].[Ti+2]. The van der Waals surface area contributed by atoms with Crippen LogP contribution in [0.15, 0.2) is 48.1 Å². The molecule has 134 valence electrons. The van der Waals surface area contributed by atoms with Gasteiger partial charge in [0.1, 0.15) is 0 Å². The maximum Gasteiger partial charge on any atom is 2.00 e. The van der Waals surface area contributed by atoms with E-state index in [-0.39, 0.29) is 77.9 Å². The normalized spacial score (nSPS) is 10.3. The average molecular weight is 408 g/mol. The Kier molecular flexibility index (Phi) is 34.0. The third kappa shape index (κ3) is 24.5. The predicted molar refractivity (Wildman–Crippen MR) is 98.9 cm³/mol. The topological polar surface area (TPSA) is 23.8 Å². The fourth-order valence-electron chi connectivity index (χ4n) is 1.39. The van der Waals surface area contributed by atoms with Gasteiger partial charge in [-0.3, -0.25) is 6.08 Å². The van der Waals surface area contributed by atoms with Crippen molar-refractivity contribution < 1.29 is 46.5 Å². The van der Waals surface area contributed by atoms with Crippen molar-refractivity contribution in [1.29, 1.82) is 0 Å². The molecule has 1 aromatic carbocycles. The van der Waals surface area contributed by atoms with Gasteiger partial charge in [0.25, 0.3) is 0 Å². The van der Waals surface area contributed by atoms with Gasteiger partial charge in [0.15, 0.2) is 0 Å². The van der Waals surface area contributed by atoms with Crippen LogP contribution in [0.2, 0.25) is 0 Å². The van der Waals surface area contributed by atoms with E-state index in [0.29, 0.717) is 0 Å². The van der Waals surface area contributed by atoms with Gasteiger partial charge in [0.2, 0.25) is 0 Å². The molecule has 0 radical (unpaired) electrons. The molecule has 0 atom stereocenters. The summed E-state index contributed by atoms with van der Waals surface area (Å²) in [5.41, 5.74) is 9.46. The van der Waals surface area contributed by atoms with E-state index in [2.05, 4.69) is 48.6 Å². The molecule has 0 amide bonds. The van der Waals surface area contributed by atoms with Crippen molar-refractivity contribution in [3.05, 3.63) is 80.3 Å². The van der Waals surface area contributed by atoms with Gasteiger partial charge in [-0.2, -0.15) is 11.6 Å². The summed E-state index contributed by atoms with van der Waals surface area (Å²) in [6.45, 7) is 5.56. The van der Waals surface area contributed by atoms with Crippen LogP contribution in [0.25, 0.3) is 5.73 Å². The first-order chi connectivity index (χ1) is 7.95. The zero-order valence-corrected chi connectivity index (χ0v) is 17.3. The molecule has 0 heterocycles. The van der Waals surface area contributed by atoms with Crippen molar-refractivity contribution in [3.8, 4) is 0 Å². The number of rotatable bonds is 2. The summed E-state index contributed by atoms with van der Waals surface area (Å²) in [5.74, 6) is 0. The molecule has 0 bridgehead atoms. The van der Waals surface area contributed by atoms with Crippen molar-refractivity contribution >= 4 is 11.0 Å². The van der Waals surface area contributed by atoms with Crippen LogP contribution in [0.1, 0.15) is 32.8 Å². The van der Waals surface area contributed by atoms with Crippen molar-refractivity contribution in [2.24, 2.45) is 0 Å². The first-order valence-electron chi connectivity index (χ1n) is 6.00. The quantitative estimate of drug-likeness (QED) is 0.408. The number of hydrogen-bond acceptors (Lipinski definition) is 0. The standard InChI is InChI=1S/C12H11.C4H10N.2CH3.2ClH.H4Si.Ti/c1-2-6-11(7-3-1)10-12-8-4-5-9-12;1-4(2,3)5;;;;;;/h1-3,6-9H,4,10H2;5H,1-3H3;2*1H3;2*1H;1H4;/q4*-1;;;;+2/p-2. The van der Waals surface area contributed by atoms with Gasteiger partial charge in [0, 0.05) is 0 Å². The Hall–Kier alpha value is 0.171. The van der Waals surface area contributed by atoms with Crippen LogP contribution in [0.4, 0.5) is 0 Å². The molecule has 1 nitrogen and oxygen atoms in total. The third-order valence-corrected chi connectivity index (χ3v) is 2.02. The molecule has 0 saturated heterocycles. The molecule has 1 aliphatic carbocycles. The van der Waals surface area contributed by atoms with E-state index in [1.807, 2.05) is 20.8 Å².